The van der Waals surface area contributed by atoms with Gasteiger partial charge in [-0.05, 0) is 36.7 Å². The Bertz CT molecular complexity index is 451. The lowest BCUT2D eigenvalue weighted by atomic mass is 10.2. The molecule has 0 bridgehead atoms. The molecule has 1 aromatic heterocycles. The van der Waals surface area contributed by atoms with Gasteiger partial charge in [-0.25, -0.2) is 4.98 Å². The van der Waals surface area contributed by atoms with Crippen LogP contribution in [0.4, 0.5) is 11.5 Å². The van der Waals surface area contributed by atoms with E-state index in [4.69, 9.17) is 5.11 Å². The van der Waals surface area contributed by atoms with Crippen molar-refractivity contribution < 1.29 is 10.0 Å². The zero-order chi connectivity index (χ0) is 13.9. The molecule has 0 fully saturated rings. The van der Waals surface area contributed by atoms with Crippen molar-refractivity contribution in [1.82, 2.24) is 4.98 Å². The minimum absolute atomic E-state index is 0.00232. The zero-order valence-electron chi connectivity index (χ0n) is 10.6. The fraction of sp³-hybridized carbons (Fsp3) is 0.545. The Morgan fingerprint density at radius 1 is 1.61 bits per heavy atom. The van der Waals surface area contributed by atoms with Gasteiger partial charge in [0.25, 0.3) is 5.69 Å². The molecule has 0 radical (unpaired) electrons. The first kappa shape index (κ1) is 14.8. The monoisotopic (exact) mass is 317 g/mol. The maximum atomic E-state index is 10.8. The number of pyridine rings is 1. The van der Waals surface area contributed by atoms with Crippen LogP contribution in [-0.4, -0.2) is 34.2 Å². The highest BCUT2D eigenvalue weighted by atomic mass is 79.9. The van der Waals surface area contributed by atoms with Crippen molar-refractivity contribution in [2.45, 2.75) is 26.8 Å². The molecular weight excluding hydrogens is 302 g/mol. The first-order valence-electron chi connectivity index (χ1n) is 5.57. The van der Waals surface area contributed by atoms with E-state index in [1.807, 2.05) is 18.7 Å². The number of nitrogens with zero attached hydrogens (tertiary/aromatic N) is 3. The molecule has 0 saturated heterocycles. The summed E-state index contributed by atoms with van der Waals surface area (Å²) in [7, 11) is 0. The summed E-state index contributed by atoms with van der Waals surface area (Å²) >= 11 is 3.35. The van der Waals surface area contributed by atoms with Crippen molar-refractivity contribution in [1.29, 1.82) is 0 Å². The third-order valence-electron chi connectivity index (χ3n) is 2.65. The molecule has 1 N–H and O–H groups in total. The standard InChI is InChI=1S/C11H16BrN3O3/c1-7(2)14(4-5-16)11-10(12)8(3)9(6-13-11)15(17)18/h6-7,16H,4-5H2,1-3H3. The van der Waals surface area contributed by atoms with Crippen LogP contribution in [0.3, 0.4) is 0 Å². The van der Waals surface area contributed by atoms with Crippen LogP contribution in [0, 0.1) is 17.0 Å². The van der Waals surface area contributed by atoms with Crippen LogP contribution in [-0.2, 0) is 0 Å². The second-order valence-electron chi connectivity index (χ2n) is 4.17. The molecule has 0 aromatic carbocycles. The normalized spacial score (nSPS) is 10.8. The van der Waals surface area contributed by atoms with Gasteiger partial charge in [-0.15, -0.1) is 0 Å². The number of aromatic nitrogens is 1. The van der Waals surface area contributed by atoms with E-state index in [1.54, 1.807) is 6.92 Å². The molecule has 0 atom stereocenters. The minimum Gasteiger partial charge on any atom is -0.395 e. The maximum absolute atomic E-state index is 10.8. The van der Waals surface area contributed by atoms with Crippen molar-refractivity contribution in [2.75, 3.05) is 18.1 Å². The minimum atomic E-state index is -0.456. The van der Waals surface area contributed by atoms with E-state index in [0.717, 1.165) is 0 Å². The molecule has 0 aliphatic heterocycles. The van der Waals surface area contributed by atoms with Crippen molar-refractivity contribution in [2.24, 2.45) is 0 Å². The lowest BCUT2D eigenvalue weighted by Crippen LogP contribution is -2.34. The Hall–Kier alpha value is -1.21. The van der Waals surface area contributed by atoms with Gasteiger partial charge in [-0.3, -0.25) is 10.1 Å². The summed E-state index contributed by atoms with van der Waals surface area (Å²) in [4.78, 5) is 16.4. The molecule has 1 rings (SSSR count). The summed E-state index contributed by atoms with van der Waals surface area (Å²) in [5, 5.41) is 19.9. The largest absolute Gasteiger partial charge is 0.395 e. The SMILES string of the molecule is Cc1c([N+](=O)[O-])cnc(N(CCO)C(C)C)c1Br. The molecule has 0 amide bonds. The molecule has 0 unspecified atom stereocenters. The van der Waals surface area contributed by atoms with Crippen LogP contribution in [0.15, 0.2) is 10.7 Å². The van der Waals surface area contributed by atoms with Crippen LogP contribution < -0.4 is 4.90 Å². The van der Waals surface area contributed by atoms with E-state index in [0.29, 0.717) is 22.4 Å². The average molecular weight is 318 g/mol. The number of halogens is 1. The zero-order valence-corrected chi connectivity index (χ0v) is 12.1. The molecule has 7 heteroatoms. The van der Waals surface area contributed by atoms with Crippen LogP contribution >= 0.6 is 15.9 Å². The van der Waals surface area contributed by atoms with Crippen LogP contribution in [0.1, 0.15) is 19.4 Å². The second kappa shape index (κ2) is 6.10. The van der Waals surface area contributed by atoms with Crippen molar-refractivity contribution in [3.05, 3.63) is 26.3 Å². The summed E-state index contributed by atoms with van der Waals surface area (Å²) in [6.07, 6.45) is 1.25. The lowest BCUT2D eigenvalue weighted by Gasteiger charge is -2.28. The van der Waals surface area contributed by atoms with Gasteiger partial charge in [0.1, 0.15) is 12.0 Å². The Kier molecular flexibility index (Phi) is 5.03. The van der Waals surface area contributed by atoms with Crippen LogP contribution in [0.25, 0.3) is 0 Å². The summed E-state index contributed by atoms with van der Waals surface area (Å²) in [5.41, 5.74) is 0.520. The third-order valence-corrected chi connectivity index (χ3v) is 3.60. The number of anilines is 1. The van der Waals surface area contributed by atoms with Crippen molar-refractivity contribution in [3.63, 3.8) is 0 Å². The van der Waals surface area contributed by atoms with Gasteiger partial charge in [0.15, 0.2) is 0 Å². The van der Waals surface area contributed by atoms with Crippen LogP contribution in [0.5, 0.6) is 0 Å². The molecule has 18 heavy (non-hydrogen) atoms. The maximum Gasteiger partial charge on any atom is 0.291 e. The molecule has 1 heterocycles. The average Bonchev–Trinajstić information content (AvgIpc) is 2.29. The van der Waals surface area contributed by atoms with E-state index < -0.39 is 4.92 Å². The van der Waals surface area contributed by atoms with Gasteiger partial charge in [0, 0.05) is 18.2 Å². The molecule has 0 aliphatic rings. The van der Waals surface area contributed by atoms with Gasteiger partial charge in [0.2, 0.25) is 0 Å². The summed E-state index contributed by atoms with van der Waals surface area (Å²) < 4.78 is 0.596. The lowest BCUT2D eigenvalue weighted by molar-refractivity contribution is -0.385. The fourth-order valence-corrected chi connectivity index (χ4v) is 2.19. The highest BCUT2D eigenvalue weighted by Crippen LogP contribution is 2.33. The molecule has 0 spiro atoms. The summed E-state index contributed by atoms with van der Waals surface area (Å²) in [6, 6.07) is 0.141. The molecule has 6 nitrogen and oxygen atoms in total. The Morgan fingerprint density at radius 3 is 2.67 bits per heavy atom. The van der Waals surface area contributed by atoms with Gasteiger partial charge >= 0.3 is 0 Å². The van der Waals surface area contributed by atoms with Gasteiger partial charge < -0.3 is 10.0 Å². The first-order valence-corrected chi connectivity index (χ1v) is 6.36. The summed E-state index contributed by atoms with van der Waals surface area (Å²) in [5.74, 6) is 0.613. The van der Waals surface area contributed by atoms with Gasteiger partial charge in [-0.2, -0.15) is 0 Å². The first-order chi connectivity index (χ1) is 8.40. The van der Waals surface area contributed by atoms with E-state index in [2.05, 4.69) is 20.9 Å². The molecule has 0 aliphatic carbocycles. The predicted molar refractivity (Wildman–Crippen MR) is 72.9 cm³/mol. The fourth-order valence-electron chi connectivity index (χ4n) is 1.66. The predicted octanol–water partition coefficient (Wildman–Crippen LogP) is 2.27. The molecule has 100 valence electrons. The number of rotatable bonds is 5. The molecular formula is C11H16BrN3O3. The Labute approximate surface area is 114 Å². The highest BCUT2D eigenvalue weighted by Gasteiger charge is 2.21. The summed E-state index contributed by atoms with van der Waals surface area (Å²) in [6.45, 7) is 6.05. The van der Waals surface area contributed by atoms with E-state index in [1.165, 1.54) is 6.20 Å². The highest BCUT2D eigenvalue weighted by molar-refractivity contribution is 9.10. The van der Waals surface area contributed by atoms with E-state index >= 15 is 0 Å². The topological polar surface area (TPSA) is 79.5 Å². The van der Waals surface area contributed by atoms with Gasteiger partial charge in [0.05, 0.1) is 16.0 Å². The van der Waals surface area contributed by atoms with Crippen LogP contribution in [0.2, 0.25) is 0 Å². The third kappa shape index (κ3) is 2.97. The smallest absolute Gasteiger partial charge is 0.291 e. The number of aliphatic hydroxyl groups excluding tert-OH is 1. The van der Waals surface area contributed by atoms with Gasteiger partial charge in [-0.1, -0.05) is 0 Å². The van der Waals surface area contributed by atoms with Crippen molar-refractivity contribution in [3.8, 4) is 0 Å². The number of aliphatic hydroxyl groups is 1. The molecule has 0 saturated carbocycles. The Balaban J connectivity index is 3.25. The number of hydrogen-bond donors (Lipinski definition) is 1. The van der Waals surface area contributed by atoms with E-state index in [9.17, 15) is 10.1 Å². The number of hydrogen-bond acceptors (Lipinski definition) is 5. The second-order valence-corrected chi connectivity index (χ2v) is 4.97. The van der Waals surface area contributed by atoms with Crippen molar-refractivity contribution >= 4 is 27.4 Å². The molecule has 1 aromatic rings. The number of nitro groups is 1. The quantitative estimate of drug-likeness (QED) is 0.665. The van der Waals surface area contributed by atoms with E-state index in [-0.39, 0.29) is 18.3 Å². The Morgan fingerprint density at radius 2 is 2.22 bits per heavy atom.